The molecular formula is C21H15NO6. The van der Waals surface area contributed by atoms with Crippen LogP contribution in [0.2, 0.25) is 0 Å². The van der Waals surface area contributed by atoms with E-state index in [1.165, 1.54) is 18.2 Å². The number of ether oxygens (including phenoxy) is 1. The summed E-state index contributed by atoms with van der Waals surface area (Å²) in [5.74, 6) is -3.84. The maximum Gasteiger partial charge on any atom is 0.319 e. The Kier molecular flexibility index (Phi) is 4.15. The summed E-state index contributed by atoms with van der Waals surface area (Å²) < 4.78 is 4.85. The Labute approximate surface area is 159 Å². The van der Waals surface area contributed by atoms with E-state index in [4.69, 9.17) is 4.74 Å². The Morgan fingerprint density at radius 2 is 1.57 bits per heavy atom. The zero-order valence-electron chi connectivity index (χ0n) is 14.9. The molecule has 1 aliphatic heterocycles. The molecule has 1 heterocycles. The number of benzene rings is 2. The van der Waals surface area contributed by atoms with Gasteiger partial charge in [-0.05, 0) is 25.1 Å². The monoisotopic (exact) mass is 377 g/mol. The van der Waals surface area contributed by atoms with E-state index < -0.39 is 23.7 Å². The predicted octanol–water partition coefficient (Wildman–Crippen LogP) is 1.90. The molecule has 4 rings (SSSR count). The first-order chi connectivity index (χ1) is 13.4. The molecule has 0 aromatic heterocycles. The van der Waals surface area contributed by atoms with Gasteiger partial charge in [-0.2, -0.15) is 0 Å². The van der Waals surface area contributed by atoms with Crippen molar-refractivity contribution in [2.24, 2.45) is 5.92 Å². The van der Waals surface area contributed by atoms with Gasteiger partial charge in [0.15, 0.2) is 11.6 Å². The van der Waals surface area contributed by atoms with E-state index in [2.05, 4.69) is 0 Å². The molecule has 2 aromatic rings. The van der Waals surface area contributed by atoms with Crippen LogP contribution in [0.4, 0.5) is 5.69 Å². The van der Waals surface area contributed by atoms with Gasteiger partial charge in [-0.3, -0.25) is 24.0 Å². The first-order valence-electron chi connectivity index (χ1n) is 8.80. The minimum Gasteiger partial charge on any atom is -0.465 e. The summed E-state index contributed by atoms with van der Waals surface area (Å²) in [5.41, 5.74) is 1.10. The molecule has 1 atom stereocenters. The molecule has 1 unspecified atom stereocenters. The van der Waals surface area contributed by atoms with Crippen LogP contribution in [0, 0.1) is 5.92 Å². The van der Waals surface area contributed by atoms with Crippen molar-refractivity contribution >= 4 is 35.0 Å². The number of imide groups is 1. The van der Waals surface area contributed by atoms with Crippen LogP contribution in [0.25, 0.3) is 0 Å². The molecule has 1 saturated heterocycles. The number of rotatable bonds is 3. The predicted molar refractivity (Wildman–Crippen MR) is 97.0 cm³/mol. The molecule has 1 fully saturated rings. The molecule has 28 heavy (non-hydrogen) atoms. The number of amides is 2. The van der Waals surface area contributed by atoms with Crippen LogP contribution in [0.1, 0.15) is 45.2 Å². The largest absolute Gasteiger partial charge is 0.465 e. The Bertz CT molecular complexity index is 1070. The van der Waals surface area contributed by atoms with Crippen LogP contribution in [0.3, 0.4) is 0 Å². The average molecular weight is 377 g/mol. The van der Waals surface area contributed by atoms with E-state index in [9.17, 15) is 24.0 Å². The molecule has 1 aliphatic carbocycles. The van der Waals surface area contributed by atoms with Crippen LogP contribution in [-0.4, -0.2) is 36.0 Å². The highest BCUT2D eigenvalue weighted by Crippen LogP contribution is 2.33. The highest BCUT2D eigenvalue weighted by molar-refractivity contribution is 6.30. The van der Waals surface area contributed by atoms with Crippen LogP contribution >= 0.6 is 0 Å². The van der Waals surface area contributed by atoms with E-state index >= 15 is 0 Å². The van der Waals surface area contributed by atoms with E-state index in [1.54, 1.807) is 31.2 Å². The molecule has 0 N–H and O–H groups in total. The van der Waals surface area contributed by atoms with Gasteiger partial charge >= 0.3 is 5.97 Å². The van der Waals surface area contributed by atoms with Gasteiger partial charge in [-0.15, -0.1) is 0 Å². The van der Waals surface area contributed by atoms with Gasteiger partial charge in [0.05, 0.1) is 12.3 Å². The van der Waals surface area contributed by atoms with E-state index in [0.29, 0.717) is 5.56 Å². The lowest BCUT2D eigenvalue weighted by molar-refractivity contribution is -0.150. The van der Waals surface area contributed by atoms with Gasteiger partial charge in [0.2, 0.25) is 11.8 Å². The number of anilines is 1. The second-order valence-corrected chi connectivity index (χ2v) is 6.51. The van der Waals surface area contributed by atoms with Crippen LogP contribution in [-0.2, 0) is 19.1 Å². The lowest BCUT2D eigenvalue weighted by atomic mass is 9.84. The van der Waals surface area contributed by atoms with E-state index in [1.807, 2.05) is 0 Å². The van der Waals surface area contributed by atoms with Crippen molar-refractivity contribution in [1.29, 1.82) is 0 Å². The number of hydrogen-bond donors (Lipinski definition) is 0. The maximum atomic E-state index is 12.8. The molecule has 2 aliphatic rings. The van der Waals surface area contributed by atoms with Gasteiger partial charge in [-0.1, -0.05) is 24.3 Å². The highest BCUT2D eigenvalue weighted by atomic mass is 16.5. The van der Waals surface area contributed by atoms with Crippen molar-refractivity contribution in [2.75, 3.05) is 11.5 Å². The number of nitrogens with zero attached hydrogens (tertiary/aromatic N) is 1. The lowest BCUT2D eigenvalue weighted by Crippen LogP contribution is -2.33. The lowest BCUT2D eigenvalue weighted by Gasteiger charge is -2.20. The zero-order chi connectivity index (χ0) is 20.0. The molecule has 140 valence electrons. The summed E-state index contributed by atoms with van der Waals surface area (Å²) in [6, 6.07) is 10.7. The molecule has 7 nitrogen and oxygen atoms in total. The molecular weight excluding hydrogens is 362 g/mol. The second kappa shape index (κ2) is 6.53. The molecule has 2 aromatic carbocycles. The number of carbonyl (C=O) groups is 5. The van der Waals surface area contributed by atoms with Crippen LogP contribution in [0.15, 0.2) is 42.5 Å². The number of carbonyl (C=O) groups excluding carboxylic acids is 5. The molecule has 0 saturated carbocycles. The third-order valence-corrected chi connectivity index (χ3v) is 4.88. The van der Waals surface area contributed by atoms with Gasteiger partial charge in [0.1, 0.15) is 5.92 Å². The van der Waals surface area contributed by atoms with Crippen molar-refractivity contribution < 1.29 is 28.7 Å². The standard InChI is InChI=1S/C21H15NO6/c1-2-28-21(27)16-10-17(23)22(20(16)26)11-7-8-14-15(9-11)19(25)13-6-4-3-5-12(13)18(14)24/h3-9,16H,2,10H2,1H3. The van der Waals surface area contributed by atoms with Crippen molar-refractivity contribution in [3.05, 3.63) is 64.7 Å². The molecule has 0 radical (unpaired) electrons. The minimum atomic E-state index is -1.19. The summed E-state index contributed by atoms with van der Waals surface area (Å²) in [6.07, 6.45) is -0.287. The number of esters is 1. The van der Waals surface area contributed by atoms with Gasteiger partial charge in [0.25, 0.3) is 0 Å². The Hall–Kier alpha value is -3.61. The van der Waals surface area contributed by atoms with Gasteiger partial charge < -0.3 is 4.74 Å². The first-order valence-corrected chi connectivity index (χ1v) is 8.80. The summed E-state index contributed by atoms with van der Waals surface area (Å²) >= 11 is 0. The quantitative estimate of drug-likeness (QED) is 0.393. The Balaban J connectivity index is 1.73. The fourth-order valence-corrected chi connectivity index (χ4v) is 3.56. The molecule has 2 amide bonds. The smallest absolute Gasteiger partial charge is 0.319 e. The summed E-state index contributed by atoms with van der Waals surface area (Å²) in [6.45, 7) is 1.71. The molecule has 0 spiro atoms. The van der Waals surface area contributed by atoms with Gasteiger partial charge in [-0.25, -0.2) is 4.90 Å². The Morgan fingerprint density at radius 3 is 2.21 bits per heavy atom. The second-order valence-electron chi connectivity index (χ2n) is 6.51. The summed E-state index contributed by atoms with van der Waals surface area (Å²) in [5, 5.41) is 0. The minimum absolute atomic E-state index is 0.103. The zero-order valence-corrected chi connectivity index (χ0v) is 14.9. The first kappa shape index (κ1) is 17.8. The fraction of sp³-hybridized carbons (Fsp3) is 0.190. The summed E-state index contributed by atoms with van der Waals surface area (Å²) in [7, 11) is 0. The SMILES string of the molecule is CCOC(=O)C1CC(=O)N(c2ccc3c(c2)C(=O)c2ccccc2C3=O)C1=O. The van der Waals surface area contributed by atoms with Crippen LogP contribution in [0.5, 0.6) is 0 Å². The average Bonchev–Trinajstić information content (AvgIpc) is 3.00. The third kappa shape index (κ3) is 2.55. The topological polar surface area (TPSA) is 97.8 Å². The molecule has 0 bridgehead atoms. The highest BCUT2D eigenvalue weighted by Gasteiger charge is 2.45. The Morgan fingerprint density at radius 1 is 0.964 bits per heavy atom. The summed E-state index contributed by atoms with van der Waals surface area (Å²) in [4.78, 5) is 63.3. The van der Waals surface area contributed by atoms with Crippen molar-refractivity contribution in [1.82, 2.24) is 0 Å². The van der Waals surface area contributed by atoms with E-state index in [0.717, 1.165) is 4.90 Å². The normalized spacial score (nSPS) is 18.2. The van der Waals surface area contributed by atoms with E-state index in [-0.39, 0.29) is 47.0 Å². The third-order valence-electron chi connectivity index (χ3n) is 4.88. The van der Waals surface area contributed by atoms with Crippen molar-refractivity contribution in [2.45, 2.75) is 13.3 Å². The fourth-order valence-electron chi connectivity index (χ4n) is 3.56. The number of hydrogen-bond acceptors (Lipinski definition) is 6. The maximum absolute atomic E-state index is 12.8. The van der Waals surface area contributed by atoms with Crippen molar-refractivity contribution in [3.63, 3.8) is 0 Å². The van der Waals surface area contributed by atoms with Gasteiger partial charge in [0, 0.05) is 28.7 Å². The van der Waals surface area contributed by atoms with Crippen molar-refractivity contribution in [3.8, 4) is 0 Å². The van der Waals surface area contributed by atoms with Crippen LogP contribution < -0.4 is 4.90 Å². The number of ketones is 2. The molecule has 7 heteroatoms. The number of fused-ring (bicyclic) bond motifs is 2.